The van der Waals surface area contributed by atoms with E-state index in [1.165, 1.54) is 0 Å². The highest BCUT2D eigenvalue weighted by Gasteiger charge is 2.16. The Morgan fingerprint density at radius 1 is 1.04 bits per heavy atom. The van der Waals surface area contributed by atoms with E-state index < -0.39 is 11.9 Å². The molecule has 0 bridgehead atoms. The van der Waals surface area contributed by atoms with Crippen LogP contribution in [0.15, 0.2) is 42.5 Å². The van der Waals surface area contributed by atoms with Crippen molar-refractivity contribution in [3.63, 3.8) is 0 Å². The number of nitrogens with one attached hydrogen (secondary N) is 4. The van der Waals surface area contributed by atoms with Gasteiger partial charge in [-0.05, 0) is 74.4 Å². The first-order chi connectivity index (χ1) is 12.8. The largest absolute Gasteiger partial charge is 0.340 e. The summed E-state index contributed by atoms with van der Waals surface area (Å²) in [4.78, 5) is 24.3. The summed E-state index contributed by atoms with van der Waals surface area (Å²) in [6.45, 7) is 5.56. The molecule has 6 nitrogen and oxygen atoms in total. The third-order valence-corrected chi connectivity index (χ3v) is 4.46. The first-order valence-corrected chi connectivity index (χ1v) is 9.06. The van der Waals surface area contributed by atoms with Crippen LogP contribution in [-0.4, -0.2) is 23.0 Å². The van der Waals surface area contributed by atoms with Crippen LogP contribution in [0, 0.1) is 13.8 Å². The van der Waals surface area contributed by atoms with Crippen LogP contribution in [0.1, 0.15) is 28.4 Å². The minimum absolute atomic E-state index is 0.244. The molecule has 0 aromatic heterocycles. The lowest BCUT2D eigenvalue weighted by atomic mass is 10.1. The molecule has 4 N–H and O–H groups in total. The SMILES string of the molecule is Cc1cccc(NC(=S)NNC(=O)C(C)NC(=O)c2ccc(Cl)cc2)c1C. The number of carbonyl (C=O) groups is 2. The molecule has 0 saturated heterocycles. The summed E-state index contributed by atoms with van der Waals surface area (Å²) in [5, 5.41) is 6.41. The molecule has 1 atom stereocenters. The highest BCUT2D eigenvalue weighted by atomic mass is 35.5. The molecular formula is C19H21ClN4O2S. The van der Waals surface area contributed by atoms with E-state index in [0.29, 0.717) is 10.6 Å². The average molecular weight is 405 g/mol. The maximum atomic E-state index is 12.1. The van der Waals surface area contributed by atoms with E-state index in [-0.39, 0.29) is 11.0 Å². The molecule has 0 saturated carbocycles. The number of hydrogen-bond donors (Lipinski definition) is 4. The summed E-state index contributed by atoms with van der Waals surface area (Å²) < 4.78 is 0. The van der Waals surface area contributed by atoms with Crippen molar-refractivity contribution in [2.45, 2.75) is 26.8 Å². The first kappa shape index (κ1) is 20.7. The topological polar surface area (TPSA) is 82.3 Å². The maximum Gasteiger partial charge on any atom is 0.260 e. The Kier molecular flexibility index (Phi) is 7.15. The van der Waals surface area contributed by atoms with E-state index in [0.717, 1.165) is 16.8 Å². The standard InChI is InChI=1S/C19H21ClN4O2S/c1-11-5-4-6-16(12(11)2)22-19(27)24-23-17(25)13(3)21-18(26)14-7-9-15(20)10-8-14/h4-10,13H,1-3H3,(H,21,26)(H,23,25)(H2,22,24,27). The molecule has 0 fully saturated rings. The fourth-order valence-corrected chi connectivity index (χ4v) is 2.50. The van der Waals surface area contributed by atoms with Gasteiger partial charge in [-0.2, -0.15) is 0 Å². The molecular weight excluding hydrogens is 384 g/mol. The summed E-state index contributed by atoms with van der Waals surface area (Å²) in [5.74, 6) is -0.798. The number of halogens is 1. The second-order valence-corrected chi connectivity index (χ2v) is 6.86. The van der Waals surface area contributed by atoms with E-state index in [1.807, 2.05) is 32.0 Å². The van der Waals surface area contributed by atoms with E-state index in [9.17, 15) is 9.59 Å². The predicted molar refractivity (Wildman–Crippen MR) is 112 cm³/mol. The van der Waals surface area contributed by atoms with Crippen LogP contribution < -0.4 is 21.5 Å². The Morgan fingerprint density at radius 3 is 2.37 bits per heavy atom. The zero-order valence-corrected chi connectivity index (χ0v) is 16.8. The number of carbonyl (C=O) groups excluding carboxylic acids is 2. The molecule has 0 radical (unpaired) electrons. The molecule has 0 aliphatic carbocycles. The lowest BCUT2D eigenvalue weighted by Gasteiger charge is -2.17. The fraction of sp³-hybridized carbons (Fsp3) is 0.211. The molecule has 0 heterocycles. The van der Waals surface area contributed by atoms with Crippen LogP contribution in [0.3, 0.4) is 0 Å². The van der Waals surface area contributed by atoms with Crippen LogP contribution in [0.5, 0.6) is 0 Å². The number of rotatable bonds is 4. The molecule has 2 amide bonds. The highest BCUT2D eigenvalue weighted by molar-refractivity contribution is 7.80. The van der Waals surface area contributed by atoms with Crippen molar-refractivity contribution in [3.05, 3.63) is 64.2 Å². The lowest BCUT2D eigenvalue weighted by molar-refractivity contribution is -0.123. The Balaban J connectivity index is 1.83. The molecule has 2 aromatic rings. The maximum absolute atomic E-state index is 12.1. The molecule has 1 unspecified atom stereocenters. The van der Waals surface area contributed by atoms with Gasteiger partial charge in [0.25, 0.3) is 11.8 Å². The Morgan fingerprint density at radius 2 is 1.70 bits per heavy atom. The highest BCUT2D eigenvalue weighted by Crippen LogP contribution is 2.17. The number of hydrazine groups is 1. The van der Waals surface area contributed by atoms with Gasteiger partial charge in [0.1, 0.15) is 6.04 Å². The van der Waals surface area contributed by atoms with Gasteiger partial charge in [0, 0.05) is 16.3 Å². The van der Waals surface area contributed by atoms with E-state index in [2.05, 4.69) is 21.5 Å². The zero-order chi connectivity index (χ0) is 20.0. The second-order valence-electron chi connectivity index (χ2n) is 6.02. The van der Waals surface area contributed by atoms with Crippen molar-refractivity contribution < 1.29 is 9.59 Å². The minimum Gasteiger partial charge on any atom is -0.340 e. The van der Waals surface area contributed by atoms with Crippen molar-refractivity contribution in [1.29, 1.82) is 0 Å². The van der Waals surface area contributed by atoms with Crippen molar-refractivity contribution in [2.75, 3.05) is 5.32 Å². The summed E-state index contributed by atoms with van der Waals surface area (Å²) >= 11 is 11.0. The zero-order valence-electron chi connectivity index (χ0n) is 15.2. The smallest absolute Gasteiger partial charge is 0.260 e. The summed E-state index contributed by atoms with van der Waals surface area (Å²) in [6.07, 6.45) is 0. The summed E-state index contributed by atoms with van der Waals surface area (Å²) in [7, 11) is 0. The Bertz CT molecular complexity index is 855. The van der Waals surface area contributed by atoms with Crippen LogP contribution in [0.25, 0.3) is 0 Å². The van der Waals surface area contributed by atoms with Gasteiger partial charge < -0.3 is 10.6 Å². The lowest BCUT2D eigenvalue weighted by Crippen LogP contribution is -2.52. The normalized spacial score (nSPS) is 11.3. The molecule has 8 heteroatoms. The van der Waals surface area contributed by atoms with Crippen LogP contribution in [-0.2, 0) is 4.79 Å². The molecule has 142 valence electrons. The molecule has 0 aliphatic rings. The van der Waals surface area contributed by atoms with Gasteiger partial charge in [-0.15, -0.1) is 0 Å². The Hall–Kier alpha value is -2.64. The summed E-state index contributed by atoms with van der Waals surface area (Å²) in [6, 6.07) is 11.5. The molecule has 2 aromatic carbocycles. The predicted octanol–water partition coefficient (Wildman–Crippen LogP) is 3.09. The quantitative estimate of drug-likeness (QED) is 0.465. The van der Waals surface area contributed by atoms with E-state index in [1.54, 1.807) is 31.2 Å². The number of thiocarbonyl (C=S) groups is 1. The van der Waals surface area contributed by atoms with Crippen molar-refractivity contribution in [2.24, 2.45) is 0 Å². The number of aryl methyl sites for hydroxylation is 1. The number of hydrogen-bond acceptors (Lipinski definition) is 3. The summed E-state index contributed by atoms with van der Waals surface area (Å²) in [5.41, 5.74) is 8.57. The van der Waals surface area contributed by atoms with Gasteiger partial charge in [0.2, 0.25) is 0 Å². The van der Waals surface area contributed by atoms with Gasteiger partial charge in [-0.3, -0.25) is 20.4 Å². The van der Waals surface area contributed by atoms with E-state index >= 15 is 0 Å². The molecule has 27 heavy (non-hydrogen) atoms. The van der Waals surface area contributed by atoms with Crippen LogP contribution >= 0.6 is 23.8 Å². The van der Waals surface area contributed by atoms with Crippen molar-refractivity contribution >= 4 is 46.4 Å². The molecule has 0 aliphatic heterocycles. The van der Waals surface area contributed by atoms with Gasteiger partial charge >= 0.3 is 0 Å². The van der Waals surface area contributed by atoms with Gasteiger partial charge in [-0.25, -0.2) is 0 Å². The monoisotopic (exact) mass is 404 g/mol. The Labute approximate surface area is 168 Å². The van der Waals surface area contributed by atoms with Crippen LogP contribution in [0.4, 0.5) is 5.69 Å². The fourth-order valence-electron chi connectivity index (χ4n) is 2.21. The third kappa shape index (κ3) is 5.94. The number of benzene rings is 2. The van der Waals surface area contributed by atoms with Gasteiger partial charge in [-0.1, -0.05) is 23.7 Å². The van der Waals surface area contributed by atoms with Crippen molar-refractivity contribution in [3.8, 4) is 0 Å². The van der Waals surface area contributed by atoms with E-state index in [4.69, 9.17) is 23.8 Å². The number of amides is 2. The molecule has 2 rings (SSSR count). The third-order valence-electron chi connectivity index (χ3n) is 4.00. The number of anilines is 1. The minimum atomic E-state index is -0.760. The van der Waals surface area contributed by atoms with Gasteiger partial charge in [0.05, 0.1) is 0 Å². The molecule has 0 spiro atoms. The van der Waals surface area contributed by atoms with Crippen molar-refractivity contribution in [1.82, 2.24) is 16.2 Å². The van der Waals surface area contributed by atoms with Crippen LogP contribution in [0.2, 0.25) is 5.02 Å². The first-order valence-electron chi connectivity index (χ1n) is 8.27. The van der Waals surface area contributed by atoms with Gasteiger partial charge in [0.15, 0.2) is 5.11 Å². The average Bonchev–Trinajstić information content (AvgIpc) is 2.64. The second kappa shape index (κ2) is 9.34.